The van der Waals surface area contributed by atoms with E-state index >= 15 is 0 Å². The molecule has 38 heavy (non-hydrogen) atoms. The number of nitrogens with zero attached hydrogens (tertiary/aromatic N) is 2. The van der Waals surface area contributed by atoms with Gasteiger partial charge in [-0.3, -0.25) is 19.3 Å². The van der Waals surface area contributed by atoms with Crippen molar-refractivity contribution in [3.8, 4) is 5.75 Å². The monoisotopic (exact) mass is 544 g/mol. The molecule has 0 aliphatic carbocycles. The molecular weight excluding hydrogens is 520 g/mol. The molecule has 2 heterocycles. The molecule has 1 fully saturated rings. The second-order valence-electron chi connectivity index (χ2n) is 8.50. The van der Waals surface area contributed by atoms with Crippen molar-refractivity contribution in [2.24, 2.45) is 5.92 Å². The average Bonchev–Trinajstić information content (AvgIpc) is 2.85. The minimum Gasteiger partial charge on any atom is -0.534 e. The van der Waals surface area contributed by atoms with Crippen LogP contribution in [0.3, 0.4) is 0 Å². The van der Waals surface area contributed by atoms with Crippen molar-refractivity contribution < 1.29 is 57.0 Å². The molecule has 0 saturated carbocycles. The molecule has 0 aromatic heterocycles. The number of hydrogen-bond donors (Lipinski definition) is 5. The molecule has 0 radical (unpaired) electrons. The summed E-state index contributed by atoms with van der Waals surface area (Å²) in [6, 6.07) is 0.856. The van der Waals surface area contributed by atoms with Crippen molar-refractivity contribution in [2.75, 3.05) is 26.2 Å². The smallest absolute Gasteiger partial charge is 0.534 e. The number of benzene rings is 1. The van der Waals surface area contributed by atoms with Crippen molar-refractivity contribution in [3.05, 3.63) is 29.1 Å². The maximum atomic E-state index is 13.9. The number of rotatable bonds is 8. The van der Waals surface area contributed by atoms with Crippen LogP contribution in [-0.4, -0.2) is 107 Å². The third-order valence-corrected chi connectivity index (χ3v) is 6.17. The van der Waals surface area contributed by atoms with Crippen molar-refractivity contribution >= 4 is 36.8 Å². The lowest BCUT2D eigenvalue weighted by atomic mass is 9.72. The first-order valence-corrected chi connectivity index (χ1v) is 11.4. The van der Waals surface area contributed by atoms with Crippen LogP contribution in [0.5, 0.6) is 5.75 Å². The van der Waals surface area contributed by atoms with Crippen LogP contribution in [0.25, 0.3) is 0 Å². The molecule has 5 amide bonds. The number of fused-ring (bicyclic) bond motifs is 1. The lowest BCUT2D eigenvalue weighted by molar-refractivity contribution is -0.153. The van der Waals surface area contributed by atoms with E-state index in [-0.39, 0.29) is 31.6 Å². The second kappa shape index (κ2) is 11.7. The number of urea groups is 1. The molecule has 13 nitrogen and oxygen atoms in total. The van der Waals surface area contributed by atoms with E-state index in [4.69, 9.17) is 4.65 Å². The summed E-state index contributed by atoms with van der Waals surface area (Å²) >= 11 is 0. The highest BCUT2D eigenvalue weighted by Crippen LogP contribution is 2.32. The van der Waals surface area contributed by atoms with E-state index in [0.29, 0.717) is 4.90 Å². The van der Waals surface area contributed by atoms with E-state index in [1.54, 1.807) is 6.92 Å². The number of aliphatic hydroxyl groups excluding tert-OH is 1. The van der Waals surface area contributed by atoms with E-state index in [1.165, 1.54) is 4.90 Å². The molecule has 2 aliphatic rings. The number of halogens is 3. The predicted molar refractivity (Wildman–Crippen MR) is 120 cm³/mol. The highest BCUT2D eigenvalue weighted by Gasteiger charge is 2.42. The van der Waals surface area contributed by atoms with Crippen LogP contribution in [0.15, 0.2) is 12.1 Å². The number of aromatic carboxylic acids is 1. The molecule has 0 bridgehead atoms. The van der Waals surface area contributed by atoms with Crippen molar-refractivity contribution in [1.82, 2.24) is 20.4 Å². The SMILES string of the molecule is CCN1CCN(C(=O)NC[C@@H](C(=O)N[C@H]2Cc3ccc(F)c(C(=O)O)c3OB2O)[C@H](O)C(F)F)C(=O)C1=O. The lowest BCUT2D eigenvalue weighted by Gasteiger charge is -2.33. The van der Waals surface area contributed by atoms with E-state index < -0.39 is 84.9 Å². The fourth-order valence-electron chi connectivity index (χ4n) is 4.06. The Morgan fingerprint density at radius 3 is 2.50 bits per heavy atom. The quantitative estimate of drug-likeness (QED) is 0.194. The number of alkyl halides is 2. The van der Waals surface area contributed by atoms with Gasteiger partial charge in [0, 0.05) is 26.2 Å². The number of carbonyl (C=O) groups excluding carboxylic acids is 4. The zero-order valence-corrected chi connectivity index (χ0v) is 19.9. The first kappa shape index (κ1) is 28.7. The minimum absolute atomic E-state index is 0.0482. The van der Waals surface area contributed by atoms with E-state index in [2.05, 4.69) is 10.6 Å². The van der Waals surface area contributed by atoms with Gasteiger partial charge in [-0.1, -0.05) is 6.07 Å². The molecule has 1 aromatic carbocycles. The Hall–Kier alpha value is -3.86. The third kappa shape index (κ3) is 5.83. The molecule has 5 N–H and O–H groups in total. The van der Waals surface area contributed by atoms with Crippen LogP contribution in [0.1, 0.15) is 22.8 Å². The highest BCUT2D eigenvalue weighted by atomic mass is 19.3. The molecule has 17 heteroatoms. The van der Waals surface area contributed by atoms with Gasteiger partial charge in [0.1, 0.15) is 23.2 Å². The summed E-state index contributed by atoms with van der Waals surface area (Å²) < 4.78 is 45.6. The number of carbonyl (C=O) groups is 5. The van der Waals surface area contributed by atoms with Crippen LogP contribution in [0.4, 0.5) is 18.0 Å². The van der Waals surface area contributed by atoms with Gasteiger partial charge < -0.3 is 35.4 Å². The standard InChI is InChI=1S/C21H24BF3N4O9/c1-2-28-5-6-29(19(33)18(28)32)21(36)26-8-10(14(30)16(24)25)17(31)27-12-7-9-3-4-11(23)13(20(34)35)15(9)38-22(12)37/h3-4,10,12,14,16,30,37H,2,5-8H2,1H3,(H,26,36)(H,27,31)(H,34,35)/t10-,12+,14+/m1/s1. The molecule has 2 aliphatic heterocycles. The van der Waals surface area contributed by atoms with Crippen molar-refractivity contribution in [3.63, 3.8) is 0 Å². The van der Waals surface area contributed by atoms with Crippen LogP contribution in [0.2, 0.25) is 0 Å². The van der Waals surface area contributed by atoms with Gasteiger partial charge in [0.25, 0.3) is 6.43 Å². The Morgan fingerprint density at radius 2 is 1.89 bits per heavy atom. The number of imide groups is 1. The molecule has 206 valence electrons. The van der Waals surface area contributed by atoms with Gasteiger partial charge in [-0.05, 0) is 25.0 Å². The zero-order valence-electron chi connectivity index (χ0n) is 19.9. The topological polar surface area (TPSA) is 186 Å². The van der Waals surface area contributed by atoms with Gasteiger partial charge >= 0.3 is 30.9 Å². The summed E-state index contributed by atoms with van der Waals surface area (Å²) in [7, 11) is -1.91. The summed E-state index contributed by atoms with van der Waals surface area (Å²) in [5.41, 5.74) is -0.749. The maximum absolute atomic E-state index is 13.9. The first-order chi connectivity index (χ1) is 17.9. The summed E-state index contributed by atoms with van der Waals surface area (Å²) in [4.78, 5) is 62.5. The first-order valence-electron chi connectivity index (χ1n) is 11.4. The second-order valence-corrected chi connectivity index (χ2v) is 8.50. The van der Waals surface area contributed by atoms with Crippen LogP contribution in [0, 0.1) is 11.7 Å². The molecule has 3 rings (SSSR count). The Labute approximate surface area is 213 Å². The van der Waals surface area contributed by atoms with Crippen molar-refractivity contribution in [2.45, 2.75) is 31.8 Å². The molecular formula is C21H24BF3N4O9. The third-order valence-electron chi connectivity index (χ3n) is 6.17. The number of likely N-dealkylation sites (N-methyl/N-ethyl adjacent to an activating group) is 1. The average molecular weight is 544 g/mol. The Morgan fingerprint density at radius 1 is 1.21 bits per heavy atom. The Kier molecular flexibility index (Phi) is 8.83. The van der Waals surface area contributed by atoms with Gasteiger partial charge in [0.05, 0.1) is 11.9 Å². The molecule has 1 saturated heterocycles. The lowest BCUT2D eigenvalue weighted by Crippen LogP contribution is -2.60. The van der Waals surface area contributed by atoms with Gasteiger partial charge in [0.2, 0.25) is 5.91 Å². The van der Waals surface area contributed by atoms with Crippen molar-refractivity contribution in [1.29, 1.82) is 0 Å². The zero-order chi connectivity index (χ0) is 28.3. The van der Waals surface area contributed by atoms with Crippen LogP contribution in [-0.2, 0) is 20.8 Å². The van der Waals surface area contributed by atoms with E-state index in [0.717, 1.165) is 12.1 Å². The fourth-order valence-corrected chi connectivity index (χ4v) is 4.06. The number of aliphatic hydroxyl groups is 1. The molecule has 3 atom stereocenters. The summed E-state index contributed by atoms with van der Waals surface area (Å²) in [6.45, 7) is 0.859. The molecule has 1 aromatic rings. The number of piperazine rings is 1. The normalized spacial score (nSPS) is 19.0. The maximum Gasteiger partial charge on any atom is 0.547 e. The predicted octanol–water partition coefficient (Wildman–Crippen LogP) is -1.39. The van der Waals surface area contributed by atoms with Gasteiger partial charge in [-0.2, -0.15) is 0 Å². The summed E-state index contributed by atoms with van der Waals surface area (Å²) in [5.74, 6) is -9.89. The molecule has 0 spiro atoms. The largest absolute Gasteiger partial charge is 0.547 e. The van der Waals surface area contributed by atoms with E-state index in [9.17, 15) is 52.4 Å². The minimum atomic E-state index is -3.42. The summed E-state index contributed by atoms with van der Waals surface area (Å²) in [5, 5.41) is 33.7. The summed E-state index contributed by atoms with van der Waals surface area (Å²) in [6.07, 6.45) is -6.29. The number of carboxylic acid groups (broad SMARTS) is 1. The molecule has 0 unspecified atom stereocenters. The van der Waals surface area contributed by atoms with E-state index in [1.807, 2.05) is 0 Å². The fraction of sp³-hybridized carbons (Fsp3) is 0.476. The van der Waals surface area contributed by atoms with Gasteiger partial charge in [-0.25, -0.2) is 22.8 Å². The Balaban J connectivity index is 1.71. The highest BCUT2D eigenvalue weighted by molar-refractivity contribution is 6.47. The van der Waals surface area contributed by atoms with Crippen LogP contribution < -0.4 is 15.3 Å². The Bertz CT molecular complexity index is 1140. The van der Waals surface area contributed by atoms with Crippen LogP contribution >= 0.6 is 0 Å². The number of carboxylic acids is 1. The number of nitrogens with one attached hydrogen (secondary N) is 2. The van der Waals surface area contributed by atoms with Gasteiger partial charge in [0.15, 0.2) is 0 Å². The number of amides is 5. The number of hydrogen-bond acceptors (Lipinski definition) is 8. The van der Waals surface area contributed by atoms with Gasteiger partial charge in [-0.15, -0.1) is 0 Å².